The van der Waals surface area contributed by atoms with Crippen molar-refractivity contribution in [3.8, 4) is 0 Å². The second kappa shape index (κ2) is 4.94. The minimum absolute atomic E-state index is 0.609. The second-order valence-electron chi connectivity index (χ2n) is 5.17. The normalized spacial score (nSPS) is 18.1. The number of aryl methyl sites for hydroxylation is 1. The fourth-order valence-corrected chi connectivity index (χ4v) is 4.08. The minimum Gasteiger partial charge on any atom is -0.346 e. The number of rotatable bonds is 2. The van der Waals surface area contributed by atoms with Crippen molar-refractivity contribution >= 4 is 22.8 Å². The van der Waals surface area contributed by atoms with E-state index in [4.69, 9.17) is 0 Å². The van der Waals surface area contributed by atoms with E-state index in [1.54, 1.807) is 6.33 Å². The van der Waals surface area contributed by atoms with Crippen molar-refractivity contribution < 1.29 is 0 Å². The van der Waals surface area contributed by atoms with Gasteiger partial charge < -0.3 is 4.98 Å². The molecule has 100 valence electrons. The molecule has 0 bridgehead atoms. The summed E-state index contributed by atoms with van der Waals surface area (Å²) < 4.78 is 0. The van der Waals surface area contributed by atoms with Crippen molar-refractivity contribution in [3.63, 3.8) is 0 Å². The molecule has 3 nitrogen and oxygen atoms in total. The first-order valence-corrected chi connectivity index (χ1v) is 7.79. The number of H-pyrrole nitrogens is 1. The summed E-state index contributed by atoms with van der Waals surface area (Å²) in [5.41, 5.74) is 3.94. The predicted molar refractivity (Wildman–Crippen MR) is 82.0 cm³/mol. The highest BCUT2D eigenvalue weighted by molar-refractivity contribution is 8.00. The maximum absolute atomic E-state index is 4.46. The lowest BCUT2D eigenvalue weighted by Crippen LogP contribution is -2.16. The molecule has 3 aromatic rings. The monoisotopic (exact) mass is 281 g/mol. The molecule has 4 rings (SSSR count). The fraction of sp³-hybridized carbons (Fsp3) is 0.250. The van der Waals surface area contributed by atoms with Crippen LogP contribution in [-0.4, -0.2) is 20.2 Å². The van der Waals surface area contributed by atoms with Gasteiger partial charge in [0.15, 0.2) is 0 Å². The van der Waals surface area contributed by atoms with Crippen molar-refractivity contribution in [3.05, 3.63) is 54.0 Å². The van der Waals surface area contributed by atoms with E-state index in [1.165, 1.54) is 24.0 Å². The maximum atomic E-state index is 4.46. The van der Waals surface area contributed by atoms with Gasteiger partial charge in [0.1, 0.15) is 17.0 Å². The van der Waals surface area contributed by atoms with E-state index in [-0.39, 0.29) is 0 Å². The van der Waals surface area contributed by atoms with Crippen LogP contribution < -0.4 is 0 Å². The molecule has 0 saturated carbocycles. The van der Waals surface area contributed by atoms with Crippen molar-refractivity contribution in [2.75, 3.05) is 0 Å². The van der Waals surface area contributed by atoms with Gasteiger partial charge in [-0.1, -0.05) is 24.3 Å². The Kier molecular flexibility index (Phi) is 2.96. The summed E-state index contributed by atoms with van der Waals surface area (Å²) >= 11 is 1.89. The highest BCUT2D eigenvalue weighted by Crippen LogP contribution is 2.34. The zero-order valence-corrected chi connectivity index (χ0v) is 11.9. The summed E-state index contributed by atoms with van der Waals surface area (Å²) in [6, 6.07) is 10.9. The van der Waals surface area contributed by atoms with E-state index in [0.717, 1.165) is 22.5 Å². The number of hydrogen-bond donors (Lipinski definition) is 1. The van der Waals surface area contributed by atoms with Crippen LogP contribution in [0.5, 0.6) is 0 Å². The first-order chi connectivity index (χ1) is 9.90. The van der Waals surface area contributed by atoms with Crippen LogP contribution in [0.3, 0.4) is 0 Å². The summed E-state index contributed by atoms with van der Waals surface area (Å²) in [6.07, 6.45) is 7.11. The SMILES string of the molecule is c1ccc2c(c1)CCC(Sc1ncnc3[nH]ccc13)C2. The van der Waals surface area contributed by atoms with Crippen LogP contribution >= 0.6 is 11.8 Å². The lowest BCUT2D eigenvalue weighted by atomic mass is 9.92. The van der Waals surface area contributed by atoms with Crippen LogP contribution in [0.4, 0.5) is 0 Å². The molecule has 1 atom stereocenters. The van der Waals surface area contributed by atoms with Gasteiger partial charge in [-0.05, 0) is 36.5 Å². The lowest BCUT2D eigenvalue weighted by molar-refractivity contribution is 0.701. The van der Waals surface area contributed by atoms with E-state index < -0.39 is 0 Å². The Balaban J connectivity index is 1.60. The molecule has 1 N–H and O–H groups in total. The molecule has 2 heterocycles. The van der Waals surface area contributed by atoms with Crippen LogP contribution in [0.15, 0.2) is 47.9 Å². The first-order valence-electron chi connectivity index (χ1n) is 6.92. The zero-order valence-electron chi connectivity index (χ0n) is 11.0. The molecular weight excluding hydrogens is 266 g/mol. The van der Waals surface area contributed by atoms with Crippen LogP contribution in [0, 0.1) is 0 Å². The Hall–Kier alpha value is -1.81. The van der Waals surface area contributed by atoms with E-state index >= 15 is 0 Å². The molecule has 0 aliphatic heterocycles. The smallest absolute Gasteiger partial charge is 0.141 e. The predicted octanol–water partition coefficient (Wildman–Crippen LogP) is 3.61. The number of fused-ring (bicyclic) bond motifs is 2. The number of thioether (sulfide) groups is 1. The van der Waals surface area contributed by atoms with E-state index in [1.807, 2.05) is 18.0 Å². The molecule has 1 aliphatic rings. The topological polar surface area (TPSA) is 41.6 Å². The average molecular weight is 281 g/mol. The number of nitrogens with zero attached hydrogens (tertiary/aromatic N) is 2. The molecule has 20 heavy (non-hydrogen) atoms. The molecule has 1 unspecified atom stereocenters. The van der Waals surface area contributed by atoms with Gasteiger partial charge in [0.05, 0.1) is 5.39 Å². The van der Waals surface area contributed by atoms with Crippen LogP contribution in [0.2, 0.25) is 0 Å². The van der Waals surface area contributed by atoms with Crippen molar-refractivity contribution in [1.29, 1.82) is 0 Å². The number of aromatic amines is 1. The van der Waals surface area contributed by atoms with Crippen LogP contribution in [-0.2, 0) is 12.8 Å². The van der Waals surface area contributed by atoms with E-state index in [9.17, 15) is 0 Å². The van der Waals surface area contributed by atoms with Gasteiger partial charge in [-0.2, -0.15) is 0 Å². The summed E-state index contributed by atoms with van der Waals surface area (Å²) in [5, 5.41) is 2.84. The van der Waals surface area contributed by atoms with Gasteiger partial charge >= 0.3 is 0 Å². The van der Waals surface area contributed by atoms with Gasteiger partial charge in [-0.3, -0.25) is 0 Å². The molecule has 1 aliphatic carbocycles. The summed E-state index contributed by atoms with van der Waals surface area (Å²) in [5.74, 6) is 0. The third kappa shape index (κ3) is 2.10. The van der Waals surface area contributed by atoms with Crippen molar-refractivity contribution in [1.82, 2.24) is 15.0 Å². The van der Waals surface area contributed by atoms with Gasteiger partial charge in [0, 0.05) is 11.4 Å². The Morgan fingerprint density at radius 2 is 2.00 bits per heavy atom. The summed E-state index contributed by atoms with van der Waals surface area (Å²) in [6.45, 7) is 0. The fourth-order valence-electron chi connectivity index (χ4n) is 2.87. The molecular formula is C16H15N3S. The maximum Gasteiger partial charge on any atom is 0.141 e. The quantitative estimate of drug-likeness (QED) is 0.730. The summed E-state index contributed by atoms with van der Waals surface area (Å²) in [4.78, 5) is 11.9. The number of hydrogen-bond acceptors (Lipinski definition) is 3. The minimum atomic E-state index is 0.609. The molecule has 4 heteroatoms. The van der Waals surface area contributed by atoms with Crippen LogP contribution in [0.1, 0.15) is 17.5 Å². The third-order valence-electron chi connectivity index (χ3n) is 3.90. The van der Waals surface area contributed by atoms with Gasteiger partial charge in [0.2, 0.25) is 0 Å². The first kappa shape index (κ1) is 12.0. The molecule has 0 amide bonds. The molecule has 2 aromatic heterocycles. The second-order valence-corrected chi connectivity index (χ2v) is 6.46. The van der Waals surface area contributed by atoms with Gasteiger partial charge in [-0.15, -0.1) is 11.8 Å². The number of aromatic nitrogens is 3. The number of benzene rings is 1. The summed E-state index contributed by atoms with van der Waals surface area (Å²) in [7, 11) is 0. The van der Waals surface area contributed by atoms with Crippen molar-refractivity contribution in [2.24, 2.45) is 0 Å². The lowest BCUT2D eigenvalue weighted by Gasteiger charge is -2.23. The average Bonchev–Trinajstić information content (AvgIpc) is 2.97. The highest BCUT2D eigenvalue weighted by atomic mass is 32.2. The Labute approximate surface area is 121 Å². The van der Waals surface area contributed by atoms with E-state index in [2.05, 4.69) is 45.3 Å². The number of nitrogens with one attached hydrogen (secondary N) is 1. The molecule has 0 saturated heterocycles. The molecule has 0 radical (unpaired) electrons. The molecule has 1 aromatic carbocycles. The Morgan fingerprint density at radius 3 is 2.95 bits per heavy atom. The largest absolute Gasteiger partial charge is 0.346 e. The zero-order chi connectivity index (χ0) is 13.4. The Morgan fingerprint density at radius 1 is 1.10 bits per heavy atom. The standard InChI is InChI=1S/C16H15N3S/c1-2-4-12-9-13(6-5-11(12)3-1)20-16-14-7-8-17-15(14)18-10-19-16/h1-4,7-8,10,13H,5-6,9H2,(H,17,18,19). The van der Waals surface area contributed by atoms with Gasteiger partial charge in [-0.25, -0.2) is 9.97 Å². The van der Waals surface area contributed by atoms with Crippen LogP contribution in [0.25, 0.3) is 11.0 Å². The van der Waals surface area contributed by atoms with Gasteiger partial charge in [0.25, 0.3) is 0 Å². The third-order valence-corrected chi connectivity index (χ3v) is 5.18. The Bertz CT molecular complexity index is 750. The van der Waals surface area contributed by atoms with Crippen molar-refractivity contribution in [2.45, 2.75) is 29.5 Å². The molecule has 0 fully saturated rings. The van der Waals surface area contributed by atoms with E-state index in [0.29, 0.717) is 5.25 Å². The highest BCUT2D eigenvalue weighted by Gasteiger charge is 2.20. The molecule has 0 spiro atoms.